The van der Waals surface area contributed by atoms with Crippen molar-refractivity contribution in [3.8, 4) is 0 Å². The molecule has 1 saturated heterocycles. The first-order chi connectivity index (χ1) is 9.79. The van der Waals surface area contributed by atoms with Crippen LogP contribution >= 0.6 is 0 Å². The van der Waals surface area contributed by atoms with Crippen LogP contribution in [0.3, 0.4) is 0 Å². The Morgan fingerprint density at radius 1 is 1.43 bits per heavy atom. The van der Waals surface area contributed by atoms with Gasteiger partial charge >= 0.3 is 6.18 Å². The molecule has 0 N–H and O–H groups in total. The highest BCUT2D eigenvalue weighted by Crippen LogP contribution is 2.33. The fraction of sp³-hybridized carbons (Fsp3) is 0.714. The van der Waals surface area contributed by atoms with Gasteiger partial charge in [-0.2, -0.15) is 13.2 Å². The van der Waals surface area contributed by atoms with Gasteiger partial charge in [0.15, 0.2) is 0 Å². The van der Waals surface area contributed by atoms with Gasteiger partial charge in [-0.1, -0.05) is 5.16 Å². The molecule has 1 amide bonds. The Bertz CT molecular complexity index is 491. The molecule has 0 aromatic carbocycles. The number of halogens is 3. The van der Waals surface area contributed by atoms with E-state index in [1.807, 2.05) is 0 Å². The number of hydrogen-bond donors (Lipinski definition) is 0. The molecule has 1 aromatic rings. The molecule has 0 spiro atoms. The number of hydrogen-bond acceptors (Lipinski definition) is 3. The molecular formula is C14H19F3N2O2. The number of aryl methyl sites for hydroxylation is 2. The quantitative estimate of drug-likeness (QED) is 0.862. The Labute approximate surface area is 121 Å². The molecule has 1 aliphatic heterocycles. The standard InChI is InChI=1S/C14H19F3N2O2/c1-9-12(10(2)21-18-9)5-6-13(20)19-7-3-4-11(8-19)14(15,16)17/h11H,3-8H2,1-2H3. The number of alkyl halides is 3. The van der Waals surface area contributed by atoms with Crippen LogP contribution in [-0.4, -0.2) is 35.2 Å². The average Bonchev–Trinajstić information content (AvgIpc) is 2.75. The zero-order chi connectivity index (χ0) is 15.6. The lowest BCUT2D eigenvalue weighted by Crippen LogP contribution is -2.44. The van der Waals surface area contributed by atoms with Crippen LogP contribution in [0.15, 0.2) is 4.52 Å². The number of amides is 1. The number of piperidine rings is 1. The Morgan fingerprint density at radius 2 is 2.14 bits per heavy atom. The van der Waals surface area contributed by atoms with Crippen molar-refractivity contribution in [3.63, 3.8) is 0 Å². The lowest BCUT2D eigenvalue weighted by atomic mass is 9.97. The van der Waals surface area contributed by atoms with E-state index in [1.165, 1.54) is 4.90 Å². The van der Waals surface area contributed by atoms with E-state index < -0.39 is 12.1 Å². The lowest BCUT2D eigenvalue weighted by Gasteiger charge is -2.33. The van der Waals surface area contributed by atoms with Crippen LogP contribution in [0, 0.1) is 19.8 Å². The highest BCUT2D eigenvalue weighted by molar-refractivity contribution is 5.76. The molecule has 2 heterocycles. The maximum atomic E-state index is 12.7. The molecule has 0 radical (unpaired) electrons. The van der Waals surface area contributed by atoms with Gasteiger partial charge in [0.05, 0.1) is 11.6 Å². The molecule has 4 nitrogen and oxygen atoms in total. The molecule has 0 aliphatic carbocycles. The minimum Gasteiger partial charge on any atom is -0.361 e. The SMILES string of the molecule is Cc1noc(C)c1CCC(=O)N1CCCC(C(F)(F)F)C1. The summed E-state index contributed by atoms with van der Waals surface area (Å²) in [5, 5.41) is 3.80. The number of carbonyl (C=O) groups is 1. The van der Waals surface area contributed by atoms with Crippen molar-refractivity contribution in [2.45, 2.75) is 45.7 Å². The van der Waals surface area contributed by atoms with Crippen molar-refractivity contribution in [1.29, 1.82) is 0 Å². The molecule has 21 heavy (non-hydrogen) atoms. The van der Waals surface area contributed by atoms with Gasteiger partial charge < -0.3 is 9.42 Å². The third-order valence-electron chi connectivity index (χ3n) is 4.01. The number of nitrogens with zero attached hydrogens (tertiary/aromatic N) is 2. The molecule has 1 fully saturated rings. The molecule has 118 valence electrons. The third-order valence-corrected chi connectivity index (χ3v) is 4.01. The smallest absolute Gasteiger partial charge is 0.361 e. The van der Waals surface area contributed by atoms with Crippen molar-refractivity contribution in [1.82, 2.24) is 10.1 Å². The summed E-state index contributed by atoms with van der Waals surface area (Å²) in [5.41, 5.74) is 1.60. The molecule has 1 aromatic heterocycles. The van der Waals surface area contributed by atoms with E-state index in [0.717, 1.165) is 11.3 Å². The summed E-state index contributed by atoms with van der Waals surface area (Å²) in [5.74, 6) is -0.967. The van der Waals surface area contributed by atoms with Gasteiger partial charge in [0.1, 0.15) is 5.76 Å². The second-order valence-corrected chi connectivity index (χ2v) is 5.52. The monoisotopic (exact) mass is 304 g/mol. The van der Waals surface area contributed by atoms with Crippen LogP contribution in [0.25, 0.3) is 0 Å². The molecule has 7 heteroatoms. The van der Waals surface area contributed by atoms with Gasteiger partial charge in [0, 0.05) is 25.1 Å². The summed E-state index contributed by atoms with van der Waals surface area (Å²) in [6.45, 7) is 3.74. The van der Waals surface area contributed by atoms with Crippen molar-refractivity contribution >= 4 is 5.91 Å². The zero-order valence-corrected chi connectivity index (χ0v) is 12.2. The summed E-state index contributed by atoms with van der Waals surface area (Å²) in [6, 6.07) is 0. The van der Waals surface area contributed by atoms with Crippen molar-refractivity contribution in [2.24, 2.45) is 5.92 Å². The van der Waals surface area contributed by atoms with E-state index in [2.05, 4.69) is 5.16 Å². The fourth-order valence-electron chi connectivity index (χ4n) is 2.72. The highest BCUT2D eigenvalue weighted by atomic mass is 19.4. The number of aromatic nitrogens is 1. The molecule has 1 unspecified atom stereocenters. The molecule has 0 bridgehead atoms. The van der Waals surface area contributed by atoms with E-state index in [1.54, 1.807) is 13.8 Å². The van der Waals surface area contributed by atoms with Crippen molar-refractivity contribution in [3.05, 3.63) is 17.0 Å². The van der Waals surface area contributed by atoms with Crippen LogP contribution in [-0.2, 0) is 11.2 Å². The summed E-state index contributed by atoms with van der Waals surface area (Å²) >= 11 is 0. The molecule has 0 saturated carbocycles. The number of likely N-dealkylation sites (tertiary alicyclic amines) is 1. The highest BCUT2D eigenvalue weighted by Gasteiger charge is 2.42. The second-order valence-electron chi connectivity index (χ2n) is 5.52. The van der Waals surface area contributed by atoms with Crippen LogP contribution in [0.1, 0.15) is 36.3 Å². The summed E-state index contributed by atoms with van der Waals surface area (Å²) in [6.07, 6.45) is -3.07. The Morgan fingerprint density at radius 3 is 2.71 bits per heavy atom. The van der Waals surface area contributed by atoms with E-state index in [4.69, 9.17) is 4.52 Å². The summed E-state index contributed by atoms with van der Waals surface area (Å²) in [7, 11) is 0. The third kappa shape index (κ3) is 3.77. The summed E-state index contributed by atoms with van der Waals surface area (Å²) < 4.78 is 43.2. The van der Waals surface area contributed by atoms with Crippen LogP contribution < -0.4 is 0 Å². The fourth-order valence-corrected chi connectivity index (χ4v) is 2.72. The van der Waals surface area contributed by atoms with Gasteiger partial charge in [-0.05, 0) is 33.1 Å². The number of carbonyl (C=O) groups excluding carboxylic acids is 1. The molecule has 1 atom stereocenters. The van der Waals surface area contributed by atoms with E-state index >= 15 is 0 Å². The first-order valence-corrected chi connectivity index (χ1v) is 7.05. The van der Waals surface area contributed by atoms with Gasteiger partial charge in [-0.15, -0.1) is 0 Å². The minimum absolute atomic E-state index is 0.108. The predicted molar refractivity (Wildman–Crippen MR) is 69.7 cm³/mol. The van der Waals surface area contributed by atoms with Crippen LogP contribution in [0.2, 0.25) is 0 Å². The lowest BCUT2D eigenvalue weighted by molar-refractivity contribution is -0.188. The molecular weight excluding hydrogens is 285 g/mol. The van der Waals surface area contributed by atoms with Gasteiger partial charge in [-0.3, -0.25) is 4.79 Å². The van der Waals surface area contributed by atoms with E-state index in [-0.39, 0.29) is 25.3 Å². The maximum Gasteiger partial charge on any atom is 0.393 e. The van der Waals surface area contributed by atoms with Gasteiger partial charge in [0.25, 0.3) is 0 Å². The topological polar surface area (TPSA) is 46.3 Å². The van der Waals surface area contributed by atoms with E-state index in [0.29, 0.717) is 25.1 Å². The molecule has 2 rings (SSSR count). The Balaban J connectivity index is 1.91. The summed E-state index contributed by atoms with van der Waals surface area (Å²) in [4.78, 5) is 13.4. The normalized spacial score (nSPS) is 19.9. The van der Waals surface area contributed by atoms with Gasteiger partial charge in [-0.25, -0.2) is 0 Å². The Hall–Kier alpha value is -1.53. The average molecular weight is 304 g/mol. The largest absolute Gasteiger partial charge is 0.393 e. The Kier molecular flexibility index (Phi) is 4.58. The number of rotatable bonds is 3. The van der Waals surface area contributed by atoms with Gasteiger partial charge in [0.2, 0.25) is 5.91 Å². The van der Waals surface area contributed by atoms with Crippen molar-refractivity contribution in [2.75, 3.05) is 13.1 Å². The minimum atomic E-state index is -4.22. The van der Waals surface area contributed by atoms with Crippen LogP contribution in [0.4, 0.5) is 13.2 Å². The van der Waals surface area contributed by atoms with Crippen molar-refractivity contribution < 1.29 is 22.5 Å². The maximum absolute atomic E-state index is 12.7. The first kappa shape index (κ1) is 15.9. The van der Waals surface area contributed by atoms with Crippen LogP contribution in [0.5, 0.6) is 0 Å². The van der Waals surface area contributed by atoms with E-state index in [9.17, 15) is 18.0 Å². The zero-order valence-electron chi connectivity index (χ0n) is 12.2. The first-order valence-electron chi connectivity index (χ1n) is 7.05. The second kappa shape index (κ2) is 6.07. The predicted octanol–water partition coefficient (Wildman–Crippen LogP) is 3.02. The molecule has 1 aliphatic rings.